The van der Waals surface area contributed by atoms with Gasteiger partial charge in [0.25, 0.3) is 0 Å². The zero-order valence-electron chi connectivity index (χ0n) is 14.2. The summed E-state index contributed by atoms with van der Waals surface area (Å²) in [5.41, 5.74) is 6.11. The van der Waals surface area contributed by atoms with Gasteiger partial charge in [0.15, 0.2) is 0 Å². The Morgan fingerprint density at radius 3 is 2.43 bits per heavy atom. The van der Waals surface area contributed by atoms with Gasteiger partial charge in [0.1, 0.15) is 16.4 Å². The summed E-state index contributed by atoms with van der Waals surface area (Å²) in [6.45, 7) is 1.28. The van der Waals surface area contributed by atoms with Crippen LogP contribution in [0.5, 0.6) is 0 Å². The SMILES string of the molecule is Cc1cc(S(F)(F)(F)(F)F)ccc1N(Cc1n[nH]cc1Cl)c1ccnc(N)n1. The van der Waals surface area contributed by atoms with Crippen LogP contribution in [-0.4, -0.2) is 20.2 Å². The zero-order valence-corrected chi connectivity index (χ0v) is 15.8. The standard InChI is InChI=1S/C15H14ClF5N6S/c1-9-6-10(28(17,18,19,20)21)2-3-13(9)27(8-12-11(16)7-24-26-12)14-4-5-23-15(22)25-14/h2-7H,8H2,1H3,(H,24,26)(H2,22,23,25). The summed E-state index contributed by atoms with van der Waals surface area (Å²) < 4.78 is 65.6. The number of aromatic nitrogens is 4. The number of hydrogen-bond donors (Lipinski definition) is 2. The maximum absolute atomic E-state index is 13.1. The van der Waals surface area contributed by atoms with Crippen LogP contribution in [0.3, 0.4) is 0 Å². The Kier molecular flexibility index (Phi) is 4.28. The Morgan fingerprint density at radius 1 is 1.18 bits per heavy atom. The van der Waals surface area contributed by atoms with Crippen molar-refractivity contribution in [1.82, 2.24) is 20.2 Å². The van der Waals surface area contributed by atoms with E-state index in [1.54, 1.807) is 0 Å². The normalized spacial score (nSPS) is 14.4. The molecule has 0 unspecified atom stereocenters. The van der Waals surface area contributed by atoms with Crippen molar-refractivity contribution >= 4 is 39.3 Å². The Labute approximate surface area is 161 Å². The van der Waals surface area contributed by atoms with Crippen LogP contribution in [0.25, 0.3) is 0 Å². The minimum Gasteiger partial charge on any atom is -0.368 e. The molecule has 0 aliphatic carbocycles. The van der Waals surface area contributed by atoms with E-state index in [4.69, 9.17) is 17.3 Å². The van der Waals surface area contributed by atoms with Gasteiger partial charge in [0.2, 0.25) is 5.95 Å². The molecule has 0 atom stereocenters. The lowest BCUT2D eigenvalue weighted by atomic mass is 10.1. The highest BCUT2D eigenvalue weighted by Crippen LogP contribution is 3.02. The molecule has 0 aliphatic heterocycles. The lowest BCUT2D eigenvalue weighted by Crippen LogP contribution is -2.20. The summed E-state index contributed by atoms with van der Waals surface area (Å²) in [7, 11) is -9.80. The van der Waals surface area contributed by atoms with Crippen molar-refractivity contribution in [3.8, 4) is 0 Å². The molecule has 2 heterocycles. The van der Waals surface area contributed by atoms with Crippen molar-refractivity contribution in [3.05, 3.63) is 52.9 Å². The molecular weight excluding hydrogens is 427 g/mol. The van der Waals surface area contributed by atoms with Crippen molar-refractivity contribution in [1.29, 1.82) is 0 Å². The predicted molar refractivity (Wildman–Crippen MR) is 98.5 cm³/mol. The number of aromatic amines is 1. The molecule has 152 valence electrons. The number of H-pyrrole nitrogens is 1. The first-order valence-electron chi connectivity index (χ1n) is 7.63. The van der Waals surface area contributed by atoms with E-state index >= 15 is 0 Å². The zero-order chi connectivity index (χ0) is 20.8. The van der Waals surface area contributed by atoms with Crippen LogP contribution in [0, 0.1) is 6.92 Å². The molecule has 28 heavy (non-hydrogen) atoms. The van der Waals surface area contributed by atoms with E-state index in [2.05, 4.69) is 20.2 Å². The molecule has 0 radical (unpaired) electrons. The summed E-state index contributed by atoms with van der Waals surface area (Å²) >= 11 is 6.03. The summed E-state index contributed by atoms with van der Waals surface area (Å²) in [5, 5.41) is 6.82. The molecule has 13 heteroatoms. The van der Waals surface area contributed by atoms with E-state index in [9.17, 15) is 19.4 Å². The van der Waals surface area contributed by atoms with Gasteiger partial charge in [-0.25, -0.2) is 4.98 Å². The fraction of sp³-hybridized carbons (Fsp3) is 0.133. The van der Waals surface area contributed by atoms with Crippen molar-refractivity contribution in [2.75, 3.05) is 10.6 Å². The number of hydrogen-bond acceptors (Lipinski definition) is 5. The van der Waals surface area contributed by atoms with Crippen LogP contribution in [0.4, 0.5) is 36.9 Å². The highest BCUT2D eigenvalue weighted by atomic mass is 35.5. The lowest BCUT2D eigenvalue weighted by Gasteiger charge is -2.41. The van der Waals surface area contributed by atoms with Gasteiger partial charge in [0.05, 0.1) is 11.6 Å². The molecule has 3 rings (SSSR count). The topological polar surface area (TPSA) is 83.7 Å². The van der Waals surface area contributed by atoms with Gasteiger partial charge in [-0.05, 0) is 36.8 Å². The predicted octanol–water partition coefficient (Wildman–Crippen LogP) is 5.74. The lowest BCUT2D eigenvalue weighted by molar-refractivity contribution is 0.364. The van der Waals surface area contributed by atoms with Crippen LogP contribution < -0.4 is 10.6 Å². The third-order valence-corrected chi connectivity index (χ3v) is 5.29. The summed E-state index contributed by atoms with van der Waals surface area (Å²) in [6.07, 6.45) is 2.78. The van der Waals surface area contributed by atoms with E-state index in [1.807, 2.05) is 0 Å². The first-order chi connectivity index (χ1) is 12.7. The first kappa shape index (κ1) is 20.1. The molecular formula is C15H14ClF5N6S. The molecule has 0 bridgehead atoms. The summed E-state index contributed by atoms with van der Waals surface area (Å²) in [6, 6.07) is 3.16. The molecule has 2 aromatic heterocycles. The minimum absolute atomic E-state index is 0.00458. The molecule has 0 saturated heterocycles. The smallest absolute Gasteiger partial charge is 0.310 e. The Morgan fingerprint density at radius 2 is 1.89 bits per heavy atom. The molecule has 3 N–H and O–H groups in total. The highest BCUT2D eigenvalue weighted by molar-refractivity contribution is 8.45. The van der Waals surface area contributed by atoms with Crippen molar-refractivity contribution in [2.45, 2.75) is 18.4 Å². The monoisotopic (exact) mass is 440 g/mol. The number of rotatable bonds is 5. The highest BCUT2D eigenvalue weighted by Gasteiger charge is 2.65. The average molecular weight is 441 g/mol. The Balaban J connectivity index is 2.12. The second-order valence-corrected chi connectivity index (χ2v) is 8.77. The molecule has 3 aromatic rings. The second-order valence-electron chi connectivity index (χ2n) is 5.96. The minimum atomic E-state index is -9.80. The third kappa shape index (κ3) is 4.28. The largest absolute Gasteiger partial charge is 0.368 e. The Hall–Kier alpha value is -2.60. The summed E-state index contributed by atoms with van der Waals surface area (Å²) in [4.78, 5) is 7.29. The molecule has 0 fully saturated rings. The van der Waals surface area contributed by atoms with E-state index in [-0.39, 0.29) is 34.6 Å². The maximum atomic E-state index is 13.1. The molecule has 0 saturated carbocycles. The van der Waals surface area contributed by atoms with E-state index in [1.165, 1.54) is 30.3 Å². The number of halogens is 6. The molecule has 0 amide bonds. The fourth-order valence-corrected chi connectivity index (χ4v) is 3.41. The van der Waals surface area contributed by atoms with E-state index < -0.39 is 15.1 Å². The summed E-state index contributed by atoms with van der Waals surface area (Å²) in [5.74, 6) is 0.159. The number of anilines is 3. The van der Waals surface area contributed by atoms with Gasteiger partial charge in [0, 0.05) is 18.1 Å². The van der Waals surface area contributed by atoms with Gasteiger partial charge < -0.3 is 10.6 Å². The molecule has 0 spiro atoms. The van der Waals surface area contributed by atoms with Crippen molar-refractivity contribution in [2.24, 2.45) is 0 Å². The van der Waals surface area contributed by atoms with Crippen LogP contribution in [0.15, 0.2) is 41.6 Å². The quantitative estimate of drug-likeness (QED) is 0.494. The number of aryl methyl sites for hydroxylation is 1. The van der Waals surface area contributed by atoms with E-state index in [0.29, 0.717) is 17.8 Å². The van der Waals surface area contributed by atoms with Gasteiger partial charge in [-0.2, -0.15) is 10.1 Å². The third-order valence-electron chi connectivity index (χ3n) is 3.81. The van der Waals surface area contributed by atoms with Gasteiger partial charge >= 0.3 is 10.2 Å². The first-order valence-corrected chi connectivity index (χ1v) is 9.96. The van der Waals surface area contributed by atoms with Crippen LogP contribution in [0.2, 0.25) is 5.02 Å². The number of benzene rings is 1. The van der Waals surface area contributed by atoms with Gasteiger partial charge in [-0.15, -0.1) is 0 Å². The molecule has 0 aliphatic rings. The van der Waals surface area contributed by atoms with E-state index in [0.717, 1.165) is 6.07 Å². The number of nitrogens with one attached hydrogen (secondary N) is 1. The van der Waals surface area contributed by atoms with Crippen LogP contribution in [0.1, 0.15) is 11.3 Å². The van der Waals surface area contributed by atoms with Gasteiger partial charge in [-0.1, -0.05) is 31.0 Å². The Bertz CT molecular complexity index is 1040. The molecule has 1 aromatic carbocycles. The fourth-order valence-electron chi connectivity index (χ4n) is 2.54. The number of nitrogens with two attached hydrogens (primary N) is 1. The van der Waals surface area contributed by atoms with Gasteiger partial charge in [-0.3, -0.25) is 5.10 Å². The number of nitrogens with zero attached hydrogens (tertiary/aromatic N) is 4. The average Bonchev–Trinajstić information content (AvgIpc) is 2.96. The van der Waals surface area contributed by atoms with Crippen LogP contribution >= 0.6 is 21.8 Å². The maximum Gasteiger partial charge on any atom is 0.310 e. The van der Waals surface area contributed by atoms with Crippen molar-refractivity contribution in [3.63, 3.8) is 0 Å². The van der Waals surface area contributed by atoms with Crippen molar-refractivity contribution < 1.29 is 19.4 Å². The molecule has 6 nitrogen and oxygen atoms in total. The number of nitrogen functional groups attached to an aromatic ring is 1. The second kappa shape index (κ2) is 5.95. The van der Waals surface area contributed by atoms with Crippen LogP contribution in [-0.2, 0) is 6.54 Å².